The smallest absolute Gasteiger partial charge is 0.119 e. The van der Waals surface area contributed by atoms with E-state index >= 15 is 0 Å². The SMILES string of the molecule is COc1cccc(C(Cc2cccnc2)C2CC2)c1. The maximum absolute atomic E-state index is 5.34. The maximum atomic E-state index is 5.34. The first-order valence-corrected chi connectivity index (χ1v) is 6.89. The maximum Gasteiger partial charge on any atom is 0.119 e. The lowest BCUT2D eigenvalue weighted by molar-refractivity contribution is 0.413. The van der Waals surface area contributed by atoms with Gasteiger partial charge in [-0.2, -0.15) is 0 Å². The van der Waals surface area contributed by atoms with Crippen molar-refractivity contribution >= 4 is 0 Å². The van der Waals surface area contributed by atoms with Crippen molar-refractivity contribution in [3.63, 3.8) is 0 Å². The Hall–Kier alpha value is -1.83. The number of methoxy groups -OCH3 is 1. The average molecular weight is 253 g/mol. The average Bonchev–Trinajstić information content (AvgIpc) is 3.30. The van der Waals surface area contributed by atoms with E-state index in [0.29, 0.717) is 5.92 Å². The van der Waals surface area contributed by atoms with Gasteiger partial charge in [0.1, 0.15) is 5.75 Å². The van der Waals surface area contributed by atoms with Gasteiger partial charge in [-0.25, -0.2) is 0 Å². The highest BCUT2D eigenvalue weighted by atomic mass is 16.5. The molecule has 2 heteroatoms. The Balaban J connectivity index is 1.84. The van der Waals surface area contributed by atoms with Crippen molar-refractivity contribution in [2.75, 3.05) is 7.11 Å². The zero-order valence-electron chi connectivity index (χ0n) is 11.3. The highest BCUT2D eigenvalue weighted by Crippen LogP contribution is 2.44. The van der Waals surface area contributed by atoms with Crippen molar-refractivity contribution in [3.8, 4) is 5.75 Å². The molecule has 1 saturated carbocycles. The molecule has 0 aliphatic heterocycles. The van der Waals surface area contributed by atoms with Crippen LogP contribution in [0.3, 0.4) is 0 Å². The molecule has 2 nitrogen and oxygen atoms in total. The van der Waals surface area contributed by atoms with Crippen LogP contribution < -0.4 is 4.74 Å². The zero-order valence-corrected chi connectivity index (χ0v) is 11.3. The quantitative estimate of drug-likeness (QED) is 0.808. The summed E-state index contributed by atoms with van der Waals surface area (Å²) in [4.78, 5) is 4.22. The Kier molecular flexibility index (Phi) is 3.49. The molecule has 1 aromatic carbocycles. The Bertz CT molecular complexity index is 534. The summed E-state index contributed by atoms with van der Waals surface area (Å²) in [5.74, 6) is 2.38. The predicted octanol–water partition coefficient (Wildman–Crippen LogP) is 3.83. The third kappa shape index (κ3) is 2.95. The van der Waals surface area contributed by atoms with E-state index in [0.717, 1.165) is 18.1 Å². The van der Waals surface area contributed by atoms with Crippen LogP contribution in [0.1, 0.15) is 29.9 Å². The monoisotopic (exact) mass is 253 g/mol. The van der Waals surface area contributed by atoms with Gasteiger partial charge in [0.2, 0.25) is 0 Å². The van der Waals surface area contributed by atoms with Crippen molar-refractivity contribution in [2.45, 2.75) is 25.2 Å². The molecule has 0 radical (unpaired) electrons. The Morgan fingerprint density at radius 1 is 1.26 bits per heavy atom. The Morgan fingerprint density at radius 3 is 2.84 bits per heavy atom. The van der Waals surface area contributed by atoms with E-state index in [2.05, 4.69) is 29.2 Å². The molecule has 1 atom stereocenters. The third-order valence-electron chi connectivity index (χ3n) is 3.89. The molecule has 19 heavy (non-hydrogen) atoms. The number of hydrogen-bond donors (Lipinski definition) is 0. The first-order valence-electron chi connectivity index (χ1n) is 6.89. The van der Waals surface area contributed by atoms with E-state index in [4.69, 9.17) is 4.74 Å². The molecule has 3 rings (SSSR count). The number of benzene rings is 1. The van der Waals surface area contributed by atoms with Gasteiger partial charge in [0, 0.05) is 12.4 Å². The van der Waals surface area contributed by atoms with Crippen molar-refractivity contribution in [1.29, 1.82) is 0 Å². The lowest BCUT2D eigenvalue weighted by Gasteiger charge is -2.17. The van der Waals surface area contributed by atoms with Crippen LogP contribution in [0.5, 0.6) is 5.75 Å². The first-order chi connectivity index (χ1) is 9.36. The third-order valence-corrected chi connectivity index (χ3v) is 3.89. The second kappa shape index (κ2) is 5.43. The fourth-order valence-electron chi connectivity index (χ4n) is 2.70. The highest BCUT2D eigenvalue weighted by molar-refractivity contribution is 5.33. The van der Waals surface area contributed by atoms with Crippen LogP contribution in [0.25, 0.3) is 0 Å². The molecule has 0 spiro atoms. The summed E-state index contributed by atoms with van der Waals surface area (Å²) in [6, 6.07) is 12.7. The van der Waals surface area contributed by atoms with E-state index in [1.165, 1.54) is 24.0 Å². The number of rotatable bonds is 5. The molecule has 0 bridgehead atoms. The molecule has 0 saturated heterocycles. The Labute approximate surface area is 114 Å². The minimum Gasteiger partial charge on any atom is -0.497 e. The standard InChI is InChI=1S/C17H19NO/c1-19-16-6-2-5-15(11-16)17(14-7-8-14)10-13-4-3-9-18-12-13/h2-6,9,11-12,14,17H,7-8,10H2,1H3. The molecule has 1 unspecified atom stereocenters. The highest BCUT2D eigenvalue weighted by Gasteiger charge is 2.32. The fourth-order valence-corrected chi connectivity index (χ4v) is 2.70. The van der Waals surface area contributed by atoms with Gasteiger partial charge in [-0.1, -0.05) is 18.2 Å². The van der Waals surface area contributed by atoms with Crippen LogP contribution >= 0.6 is 0 Å². The topological polar surface area (TPSA) is 22.1 Å². The fraction of sp³-hybridized carbons (Fsp3) is 0.353. The van der Waals surface area contributed by atoms with Crippen molar-refractivity contribution in [3.05, 3.63) is 59.9 Å². The van der Waals surface area contributed by atoms with E-state index in [-0.39, 0.29) is 0 Å². The van der Waals surface area contributed by atoms with Crippen LogP contribution in [0.15, 0.2) is 48.8 Å². The van der Waals surface area contributed by atoms with Crippen LogP contribution in [0, 0.1) is 5.92 Å². The van der Waals surface area contributed by atoms with Crippen LogP contribution in [-0.4, -0.2) is 12.1 Å². The molecule has 98 valence electrons. The van der Waals surface area contributed by atoms with Gasteiger partial charge >= 0.3 is 0 Å². The van der Waals surface area contributed by atoms with Gasteiger partial charge in [0.05, 0.1) is 7.11 Å². The first kappa shape index (κ1) is 12.2. The van der Waals surface area contributed by atoms with Crippen molar-refractivity contribution in [1.82, 2.24) is 4.98 Å². The largest absolute Gasteiger partial charge is 0.497 e. The van der Waals surface area contributed by atoms with Gasteiger partial charge in [0.15, 0.2) is 0 Å². The summed E-state index contributed by atoms with van der Waals surface area (Å²) in [5.41, 5.74) is 2.72. The van der Waals surface area contributed by atoms with E-state index < -0.39 is 0 Å². The minimum atomic E-state index is 0.597. The number of pyridine rings is 1. The van der Waals surface area contributed by atoms with E-state index in [1.807, 2.05) is 24.5 Å². The summed E-state index contributed by atoms with van der Waals surface area (Å²) >= 11 is 0. The molecule has 1 fully saturated rings. The Morgan fingerprint density at radius 2 is 2.16 bits per heavy atom. The molecular weight excluding hydrogens is 234 g/mol. The molecule has 1 heterocycles. The lowest BCUT2D eigenvalue weighted by Crippen LogP contribution is -2.06. The molecule has 0 amide bonds. The molecular formula is C17H19NO. The van der Waals surface area contributed by atoms with Gasteiger partial charge < -0.3 is 4.74 Å². The van der Waals surface area contributed by atoms with Crippen LogP contribution in [-0.2, 0) is 6.42 Å². The van der Waals surface area contributed by atoms with Gasteiger partial charge in [-0.15, -0.1) is 0 Å². The summed E-state index contributed by atoms with van der Waals surface area (Å²) in [5, 5.41) is 0. The van der Waals surface area contributed by atoms with Crippen LogP contribution in [0.4, 0.5) is 0 Å². The van der Waals surface area contributed by atoms with Gasteiger partial charge in [-0.3, -0.25) is 4.98 Å². The molecule has 2 aromatic rings. The van der Waals surface area contributed by atoms with Gasteiger partial charge in [0.25, 0.3) is 0 Å². The molecule has 0 N–H and O–H groups in total. The normalized spacial score (nSPS) is 16.1. The second-order valence-electron chi connectivity index (χ2n) is 5.29. The minimum absolute atomic E-state index is 0.597. The summed E-state index contributed by atoms with van der Waals surface area (Å²) < 4.78 is 5.34. The number of aromatic nitrogens is 1. The predicted molar refractivity (Wildman–Crippen MR) is 76.4 cm³/mol. The van der Waals surface area contributed by atoms with E-state index in [9.17, 15) is 0 Å². The summed E-state index contributed by atoms with van der Waals surface area (Å²) in [7, 11) is 1.73. The summed E-state index contributed by atoms with van der Waals surface area (Å²) in [6.07, 6.45) is 7.59. The molecule has 1 aliphatic carbocycles. The van der Waals surface area contributed by atoms with Gasteiger partial charge in [-0.05, 0) is 60.4 Å². The van der Waals surface area contributed by atoms with Crippen LogP contribution in [0.2, 0.25) is 0 Å². The van der Waals surface area contributed by atoms with E-state index in [1.54, 1.807) is 7.11 Å². The number of ether oxygens (including phenoxy) is 1. The lowest BCUT2D eigenvalue weighted by atomic mass is 9.88. The molecule has 1 aromatic heterocycles. The number of nitrogens with zero attached hydrogens (tertiary/aromatic N) is 1. The summed E-state index contributed by atoms with van der Waals surface area (Å²) in [6.45, 7) is 0. The second-order valence-corrected chi connectivity index (χ2v) is 5.29. The zero-order chi connectivity index (χ0) is 13.1. The number of hydrogen-bond acceptors (Lipinski definition) is 2. The van der Waals surface area contributed by atoms with Crippen molar-refractivity contribution in [2.24, 2.45) is 5.92 Å². The molecule has 1 aliphatic rings. The van der Waals surface area contributed by atoms with Crippen molar-refractivity contribution < 1.29 is 4.74 Å².